The molecule has 0 radical (unpaired) electrons. The van der Waals surface area contributed by atoms with Gasteiger partial charge < -0.3 is 4.74 Å². The number of hydrogen-bond donors (Lipinski definition) is 2. The van der Waals surface area contributed by atoms with Crippen LogP contribution < -0.4 is 16.0 Å². The van der Waals surface area contributed by atoms with E-state index in [1.54, 1.807) is 13.3 Å². The quantitative estimate of drug-likeness (QED) is 0.577. The fraction of sp³-hybridized carbons (Fsp3) is 0.583. The lowest BCUT2D eigenvalue weighted by Gasteiger charge is -2.19. The highest BCUT2D eigenvalue weighted by Crippen LogP contribution is 2.26. The monoisotopic (exact) mass is 255 g/mol. The van der Waals surface area contributed by atoms with Crippen LogP contribution in [-0.2, 0) is 0 Å². The number of rotatable bonds is 7. The van der Waals surface area contributed by atoms with Gasteiger partial charge in [0.25, 0.3) is 0 Å². The van der Waals surface area contributed by atoms with Gasteiger partial charge in [-0.2, -0.15) is 11.8 Å². The maximum atomic E-state index is 5.60. The van der Waals surface area contributed by atoms with Crippen LogP contribution >= 0.6 is 11.8 Å². The lowest BCUT2D eigenvalue weighted by molar-refractivity contribution is 0.398. The molecule has 5 heteroatoms. The maximum absolute atomic E-state index is 5.60. The first kappa shape index (κ1) is 14.3. The number of nitrogens with one attached hydrogen (secondary N) is 1. The van der Waals surface area contributed by atoms with E-state index >= 15 is 0 Å². The fourth-order valence-electron chi connectivity index (χ4n) is 1.42. The van der Waals surface area contributed by atoms with Crippen molar-refractivity contribution in [3.63, 3.8) is 0 Å². The molecule has 1 aromatic rings. The van der Waals surface area contributed by atoms with Crippen molar-refractivity contribution in [2.45, 2.75) is 31.6 Å². The number of aromatic nitrogens is 1. The second kappa shape index (κ2) is 7.53. The Morgan fingerprint density at radius 3 is 2.94 bits per heavy atom. The van der Waals surface area contributed by atoms with E-state index in [4.69, 9.17) is 10.6 Å². The molecule has 1 aromatic heterocycles. The van der Waals surface area contributed by atoms with Crippen molar-refractivity contribution < 1.29 is 4.74 Å². The van der Waals surface area contributed by atoms with E-state index in [0.717, 1.165) is 23.6 Å². The molecule has 4 nitrogen and oxygen atoms in total. The molecule has 0 bridgehead atoms. The van der Waals surface area contributed by atoms with E-state index in [1.807, 2.05) is 23.9 Å². The first-order valence-corrected chi connectivity index (χ1v) is 6.84. The summed E-state index contributed by atoms with van der Waals surface area (Å²) in [6, 6.07) is 3.78. The number of nitrogens with zero attached hydrogens (tertiary/aromatic N) is 1. The Morgan fingerprint density at radius 2 is 2.35 bits per heavy atom. The second-order valence-electron chi connectivity index (χ2n) is 3.86. The third-order valence-electron chi connectivity index (χ3n) is 2.67. The average Bonchev–Trinajstić information content (AvgIpc) is 2.39. The topological polar surface area (TPSA) is 60.2 Å². The maximum Gasteiger partial charge on any atom is 0.142 e. The molecule has 1 heterocycles. The molecule has 3 N–H and O–H groups in total. The van der Waals surface area contributed by atoms with Crippen LogP contribution in [0.1, 0.15) is 32.0 Å². The molecule has 0 aliphatic carbocycles. The highest BCUT2D eigenvalue weighted by molar-refractivity contribution is 7.99. The minimum atomic E-state index is 0.0187. The van der Waals surface area contributed by atoms with Crippen molar-refractivity contribution in [3.05, 3.63) is 24.0 Å². The molecule has 0 saturated heterocycles. The number of thioether (sulfide) groups is 1. The van der Waals surface area contributed by atoms with Crippen LogP contribution in [0.5, 0.6) is 5.75 Å². The SMILES string of the molecule is CCC(C)SCC(NN)c1ncccc1OC. The summed E-state index contributed by atoms with van der Waals surface area (Å²) in [6.45, 7) is 4.40. The van der Waals surface area contributed by atoms with Gasteiger partial charge in [0, 0.05) is 17.2 Å². The van der Waals surface area contributed by atoms with E-state index in [1.165, 1.54) is 0 Å². The van der Waals surface area contributed by atoms with Gasteiger partial charge in [-0.05, 0) is 18.6 Å². The van der Waals surface area contributed by atoms with E-state index in [2.05, 4.69) is 24.3 Å². The van der Waals surface area contributed by atoms with Crippen molar-refractivity contribution in [3.8, 4) is 5.75 Å². The van der Waals surface area contributed by atoms with Gasteiger partial charge in [-0.25, -0.2) is 0 Å². The summed E-state index contributed by atoms with van der Waals surface area (Å²) < 4.78 is 5.29. The Kier molecular flexibility index (Phi) is 6.32. The van der Waals surface area contributed by atoms with Crippen molar-refractivity contribution in [2.24, 2.45) is 5.84 Å². The van der Waals surface area contributed by atoms with Gasteiger partial charge in [0.1, 0.15) is 11.4 Å². The predicted octanol–water partition coefficient (Wildman–Crippen LogP) is 2.13. The molecule has 0 spiro atoms. The predicted molar refractivity (Wildman–Crippen MR) is 73.1 cm³/mol. The van der Waals surface area contributed by atoms with Gasteiger partial charge in [0.15, 0.2) is 0 Å². The molecule has 0 aliphatic rings. The molecular formula is C12H21N3OS. The number of hydrogen-bond acceptors (Lipinski definition) is 5. The number of hydrazine groups is 1. The molecule has 0 aliphatic heterocycles. The van der Waals surface area contributed by atoms with E-state index < -0.39 is 0 Å². The Bertz CT molecular complexity index is 335. The molecule has 0 saturated carbocycles. The zero-order valence-corrected chi connectivity index (χ0v) is 11.5. The molecule has 2 atom stereocenters. The summed E-state index contributed by atoms with van der Waals surface area (Å²) in [5.74, 6) is 7.26. The van der Waals surface area contributed by atoms with Gasteiger partial charge in [-0.15, -0.1) is 0 Å². The van der Waals surface area contributed by atoms with Crippen LogP contribution in [0.4, 0.5) is 0 Å². The largest absolute Gasteiger partial charge is 0.495 e. The average molecular weight is 255 g/mol. The van der Waals surface area contributed by atoms with Crippen LogP contribution in [-0.4, -0.2) is 23.1 Å². The summed E-state index contributed by atoms with van der Waals surface area (Å²) >= 11 is 1.89. The first-order valence-electron chi connectivity index (χ1n) is 5.79. The summed E-state index contributed by atoms with van der Waals surface area (Å²) in [4.78, 5) is 4.34. The molecule has 0 amide bonds. The van der Waals surface area contributed by atoms with Crippen molar-refractivity contribution >= 4 is 11.8 Å². The summed E-state index contributed by atoms with van der Waals surface area (Å²) in [5, 5.41) is 0.626. The second-order valence-corrected chi connectivity index (χ2v) is 5.33. The molecule has 96 valence electrons. The van der Waals surface area contributed by atoms with Crippen LogP contribution in [0.2, 0.25) is 0 Å². The lowest BCUT2D eigenvalue weighted by Crippen LogP contribution is -2.31. The Hall–Kier alpha value is -0.780. The molecule has 0 fully saturated rings. The fourth-order valence-corrected chi connectivity index (χ4v) is 2.43. The number of pyridine rings is 1. The summed E-state index contributed by atoms with van der Waals surface area (Å²) in [6.07, 6.45) is 2.91. The summed E-state index contributed by atoms with van der Waals surface area (Å²) in [7, 11) is 1.65. The minimum absolute atomic E-state index is 0.0187. The number of nitrogens with two attached hydrogens (primary N) is 1. The lowest BCUT2D eigenvalue weighted by atomic mass is 10.2. The Labute approximate surface area is 107 Å². The Balaban J connectivity index is 2.72. The van der Waals surface area contributed by atoms with Crippen molar-refractivity contribution in [1.82, 2.24) is 10.4 Å². The van der Waals surface area contributed by atoms with Gasteiger partial charge in [-0.1, -0.05) is 13.8 Å². The smallest absolute Gasteiger partial charge is 0.142 e. The molecule has 2 unspecified atom stereocenters. The Morgan fingerprint density at radius 1 is 1.59 bits per heavy atom. The number of methoxy groups -OCH3 is 1. The van der Waals surface area contributed by atoms with Gasteiger partial charge in [0.05, 0.1) is 13.2 Å². The zero-order chi connectivity index (χ0) is 12.7. The van der Waals surface area contributed by atoms with Crippen molar-refractivity contribution in [2.75, 3.05) is 12.9 Å². The molecule has 0 aromatic carbocycles. The van der Waals surface area contributed by atoms with Gasteiger partial charge in [0.2, 0.25) is 0 Å². The standard InChI is InChI=1S/C12H21N3OS/c1-4-9(2)17-8-10(15-13)12-11(16-3)6-5-7-14-12/h5-7,9-10,15H,4,8,13H2,1-3H3. The normalized spacial score (nSPS) is 14.4. The highest BCUT2D eigenvalue weighted by Gasteiger charge is 2.17. The van der Waals surface area contributed by atoms with E-state index in [9.17, 15) is 0 Å². The third-order valence-corrected chi connectivity index (χ3v) is 4.10. The van der Waals surface area contributed by atoms with E-state index in [-0.39, 0.29) is 6.04 Å². The minimum Gasteiger partial charge on any atom is -0.495 e. The van der Waals surface area contributed by atoms with Crippen LogP contribution in [0.25, 0.3) is 0 Å². The zero-order valence-electron chi connectivity index (χ0n) is 10.6. The third kappa shape index (κ3) is 4.18. The van der Waals surface area contributed by atoms with Crippen LogP contribution in [0.15, 0.2) is 18.3 Å². The molecule has 17 heavy (non-hydrogen) atoms. The van der Waals surface area contributed by atoms with Crippen molar-refractivity contribution in [1.29, 1.82) is 0 Å². The summed E-state index contributed by atoms with van der Waals surface area (Å²) in [5.41, 5.74) is 3.68. The molecule has 1 rings (SSSR count). The molecular weight excluding hydrogens is 234 g/mol. The van der Waals surface area contributed by atoms with Crippen LogP contribution in [0.3, 0.4) is 0 Å². The van der Waals surface area contributed by atoms with Crippen LogP contribution in [0, 0.1) is 0 Å². The van der Waals surface area contributed by atoms with Gasteiger partial charge in [-0.3, -0.25) is 16.3 Å². The van der Waals surface area contributed by atoms with Gasteiger partial charge >= 0.3 is 0 Å². The van der Waals surface area contributed by atoms with E-state index in [0.29, 0.717) is 5.25 Å². The first-order chi connectivity index (χ1) is 8.22. The number of ether oxygens (including phenoxy) is 1. The highest BCUT2D eigenvalue weighted by atomic mass is 32.2.